The summed E-state index contributed by atoms with van der Waals surface area (Å²) in [6.07, 6.45) is 0. The molecule has 0 aliphatic rings. The number of amides is 1. The van der Waals surface area contributed by atoms with E-state index in [-0.39, 0.29) is 11.7 Å². The third-order valence-electron chi connectivity index (χ3n) is 3.86. The van der Waals surface area contributed by atoms with Gasteiger partial charge in [0.15, 0.2) is 11.6 Å². The van der Waals surface area contributed by atoms with Gasteiger partial charge in [0.2, 0.25) is 5.91 Å². The first-order valence-corrected chi connectivity index (χ1v) is 7.40. The van der Waals surface area contributed by atoms with E-state index in [1.807, 2.05) is 12.1 Å². The Kier molecular flexibility index (Phi) is 4.16. The minimum Gasteiger partial charge on any atom is -0.508 e. The fourth-order valence-corrected chi connectivity index (χ4v) is 2.80. The Labute approximate surface area is 137 Å². The number of carbonyl (C=O) groups excluding carboxylic acids is 1. The number of phenolic OH excluding ortho intramolecular Hbond substituents is 1. The van der Waals surface area contributed by atoms with E-state index in [2.05, 4.69) is 5.32 Å². The smallest absolute Gasteiger partial charge is 0.217 e. The molecule has 1 amide bonds. The van der Waals surface area contributed by atoms with Crippen molar-refractivity contribution >= 4 is 16.7 Å². The van der Waals surface area contributed by atoms with E-state index in [0.717, 1.165) is 22.9 Å². The van der Waals surface area contributed by atoms with Crippen LogP contribution in [0.15, 0.2) is 54.6 Å². The molecule has 0 radical (unpaired) electrons. The van der Waals surface area contributed by atoms with Crippen LogP contribution in [0.1, 0.15) is 24.1 Å². The van der Waals surface area contributed by atoms with Gasteiger partial charge in [0.25, 0.3) is 0 Å². The zero-order valence-corrected chi connectivity index (χ0v) is 12.9. The van der Waals surface area contributed by atoms with Crippen molar-refractivity contribution in [1.82, 2.24) is 5.32 Å². The predicted octanol–water partition coefficient (Wildman–Crippen LogP) is 4.05. The van der Waals surface area contributed by atoms with Crippen molar-refractivity contribution in [3.8, 4) is 5.75 Å². The lowest BCUT2D eigenvalue weighted by atomic mass is 9.92. The summed E-state index contributed by atoms with van der Waals surface area (Å²) >= 11 is 0. The highest BCUT2D eigenvalue weighted by Gasteiger charge is 2.22. The summed E-state index contributed by atoms with van der Waals surface area (Å²) in [6.45, 7) is 1.33. The topological polar surface area (TPSA) is 49.3 Å². The van der Waals surface area contributed by atoms with Gasteiger partial charge in [-0.05, 0) is 34.5 Å². The predicted molar refractivity (Wildman–Crippen MR) is 87.6 cm³/mol. The molecule has 1 unspecified atom stereocenters. The Hall–Kier alpha value is -2.95. The Morgan fingerprint density at radius 2 is 1.79 bits per heavy atom. The first-order valence-electron chi connectivity index (χ1n) is 7.40. The molecule has 122 valence electrons. The quantitative estimate of drug-likeness (QED) is 0.762. The third-order valence-corrected chi connectivity index (χ3v) is 3.86. The zero-order valence-electron chi connectivity index (χ0n) is 12.9. The van der Waals surface area contributed by atoms with Crippen LogP contribution in [0, 0.1) is 11.6 Å². The average Bonchev–Trinajstić information content (AvgIpc) is 2.55. The van der Waals surface area contributed by atoms with Gasteiger partial charge in [-0.2, -0.15) is 0 Å². The molecule has 0 aromatic heterocycles. The highest BCUT2D eigenvalue weighted by molar-refractivity contribution is 5.89. The van der Waals surface area contributed by atoms with Crippen LogP contribution in [0.4, 0.5) is 8.78 Å². The Bertz CT molecular complexity index is 924. The Balaban J connectivity index is 2.25. The van der Waals surface area contributed by atoms with Gasteiger partial charge >= 0.3 is 0 Å². The minimum atomic E-state index is -1.01. The first-order chi connectivity index (χ1) is 11.5. The van der Waals surface area contributed by atoms with Crippen molar-refractivity contribution in [2.24, 2.45) is 0 Å². The van der Waals surface area contributed by atoms with Crippen LogP contribution in [-0.2, 0) is 4.79 Å². The molecule has 0 aliphatic carbocycles. The van der Waals surface area contributed by atoms with Gasteiger partial charge in [-0.3, -0.25) is 4.79 Å². The maximum absolute atomic E-state index is 13.7. The van der Waals surface area contributed by atoms with Crippen molar-refractivity contribution in [2.75, 3.05) is 0 Å². The summed E-state index contributed by atoms with van der Waals surface area (Å²) in [5.41, 5.74) is 0.782. The molecule has 5 heteroatoms. The van der Waals surface area contributed by atoms with E-state index in [1.165, 1.54) is 19.1 Å². The number of rotatable bonds is 3. The van der Waals surface area contributed by atoms with Crippen molar-refractivity contribution < 1.29 is 18.7 Å². The average molecular weight is 327 g/mol. The van der Waals surface area contributed by atoms with Crippen molar-refractivity contribution in [1.29, 1.82) is 0 Å². The van der Waals surface area contributed by atoms with E-state index < -0.39 is 17.7 Å². The largest absolute Gasteiger partial charge is 0.508 e. The molecule has 0 fully saturated rings. The molecule has 2 N–H and O–H groups in total. The van der Waals surface area contributed by atoms with Crippen molar-refractivity contribution in [3.05, 3.63) is 77.4 Å². The van der Waals surface area contributed by atoms with Gasteiger partial charge in [-0.25, -0.2) is 8.78 Å². The van der Waals surface area contributed by atoms with Crippen LogP contribution < -0.4 is 5.32 Å². The monoisotopic (exact) mass is 327 g/mol. The molecule has 0 spiro atoms. The number of hydrogen-bond acceptors (Lipinski definition) is 2. The van der Waals surface area contributed by atoms with Gasteiger partial charge in [0.1, 0.15) is 5.75 Å². The molecule has 0 saturated heterocycles. The van der Waals surface area contributed by atoms with E-state index in [1.54, 1.807) is 18.2 Å². The number of fused-ring (bicyclic) bond motifs is 1. The summed E-state index contributed by atoms with van der Waals surface area (Å²) in [6, 6.07) is 13.2. The number of benzene rings is 3. The summed E-state index contributed by atoms with van der Waals surface area (Å²) in [5, 5.41) is 14.6. The number of halogens is 2. The van der Waals surface area contributed by atoms with Crippen LogP contribution in [-0.4, -0.2) is 11.0 Å². The van der Waals surface area contributed by atoms with Gasteiger partial charge in [0, 0.05) is 12.5 Å². The summed E-state index contributed by atoms with van der Waals surface area (Å²) in [4.78, 5) is 11.6. The summed E-state index contributed by atoms with van der Waals surface area (Å²) in [5.74, 6) is -2.36. The lowest BCUT2D eigenvalue weighted by Crippen LogP contribution is -2.27. The molecule has 3 aromatic carbocycles. The molecular weight excluding hydrogens is 312 g/mol. The van der Waals surface area contributed by atoms with Gasteiger partial charge < -0.3 is 10.4 Å². The molecule has 3 nitrogen and oxygen atoms in total. The molecule has 0 heterocycles. The number of hydrogen-bond donors (Lipinski definition) is 2. The minimum absolute atomic E-state index is 0.0304. The molecular formula is C19H15F2NO2. The summed E-state index contributed by atoms with van der Waals surface area (Å²) < 4.78 is 26.9. The zero-order chi connectivity index (χ0) is 17.3. The normalized spacial score (nSPS) is 12.1. The van der Waals surface area contributed by atoms with Crippen LogP contribution in [0.5, 0.6) is 5.75 Å². The molecule has 0 saturated carbocycles. The summed E-state index contributed by atoms with van der Waals surface area (Å²) in [7, 11) is 0. The van der Waals surface area contributed by atoms with Gasteiger partial charge in [0.05, 0.1) is 6.04 Å². The Morgan fingerprint density at radius 3 is 2.50 bits per heavy atom. The van der Waals surface area contributed by atoms with Crippen LogP contribution in [0.2, 0.25) is 0 Å². The van der Waals surface area contributed by atoms with Crippen molar-refractivity contribution in [2.45, 2.75) is 13.0 Å². The lowest BCUT2D eigenvalue weighted by Gasteiger charge is -2.22. The highest BCUT2D eigenvalue weighted by atomic mass is 19.2. The first kappa shape index (κ1) is 15.9. The number of nitrogens with one attached hydrogen (secondary N) is 1. The highest BCUT2D eigenvalue weighted by Crippen LogP contribution is 2.36. The second kappa shape index (κ2) is 6.28. The maximum atomic E-state index is 13.7. The third kappa shape index (κ3) is 2.93. The fraction of sp³-hybridized carbons (Fsp3) is 0.105. The number of phenols is 1. The van der Waals surface area contributed by atoms with Gasteiger partial charge in [-0.1, -0.05) is 36.4 Å². The second-order valence-corrected chi connectivity index (χ2v) is 5.53. The van der Waals surface area contributed by atoms with Crippen LogP contribution in [0.3, 0.4) is 0 Å². The van der Waals surface area contributed by atoms with Gasteiger partial charge in [-0.15, -0.1) is 0 Å². The van der Waals surface area contributed by atoms with Crippen LogP contribution in [0.25, 0.3) is 10.8 Å². The van der Waals surface area contributed by atoms with Crippen molar-refractivity contribution in [3.63, 3.8) is 0 Å². The van der Waals surface area contributed by atoms with E-state index in [0.29, 0.717) is 11.1 Å². The molecule has 0 bridgehead atoms. The maximum Gasteiger partial charge on any atom is 0.217 e. The van der Waals surface area contributed by atoms with E-state index in [9.17, 15) is 18.7 Å². The molecule has 3 rings (SSSR count). The second-order valence-electron chi connectivity index (χ2n) is 5.53. The standard InChI is InChI=1S/C19H15F2NO2/c1-11(23)22-19(13-6-8-15(20)16(21)10-13)18-14-5-3-2-4-12(14)7-9-17(18)24/h2-10,19,24H,1H3,(H,22,23). The fourth-order valence-electron chi connectivity index (χ4n) is 2.80. The molecule has 24 heavy (non-hydrogen) atoms. The molecule has 1 atom stereocenters. The number of aromatic hydroxyl groups is 1. The Morgan fingerprint density at radius 1 is 1.04 bits per heavy atom. The van der Waals surface area contributed by atoms with Crippen LogP contribution >= 0.6 is 0 Å². The van der Waals surface area contributed by atoms with E-state index in [4.69, 9.17) is 0 Å². The van der Waals surface area contributed by atoms with E-state index >= 15 is 0 Å². The lowest BCUT2D eigenvalue weighted by molar-refractivity contribution is -0.119. The number of carbonyl (C=O) groups is 1. The molecule has 3 aromatic rings. The SMILES string of the molecule is CC(=O)NC(c1ccc(F)c(F)c1)c1c(O)ccc2ccccc12. The molecule has 0 aliphatic heterocycles.